The third kappa shape index (κ3) is 4.64. The van der Waals surface area contributed by atoms with Crippen LogP contribution in [-0.4, -0.2) is 37.8 Å². The van der Waals surface area contributed by atoms with Crippen molar-refractivity contribution in [2.75, 3.05) is 24.6 Å². The minimum absolute atomic E-state index is 0.120. The Kier molecular flexibility index (Phi) is 5.40. The van der Waals surface area contributed by atoms with Crippen LogP contribution in [0.1, 0.15) is 0 Å². The van der Waals surface area contributed by atoms with Gasteiger partial charge in [0.15, 0.2) is 6.61 Å². The first-order valence-electron chi connectivity index (χ1n) is 7.80. The number of halogens is 1. The lowest BCUT2D eigenvalue weighted by molar-refractivity contribution is -0.123. The Morgan fingerprint density at radius 3 is 2.64 bits per heavy atom. The van der Waals surface area contributed by atoms with E-state index in [2.05, 4.69) is 5.32 Å². The molecule has 6 nitrogen and oxygen atoms in total. The summed E-state index contributed by atoms with van der Waals surface area (Å²) in [6.07, 6.45) is -0.810. The Hall–Kier alpha value is -2.73. The lowest BCUT2D eigenvalue weighted by atomic mass is 10.2. The molecular formula is C18H17ClN2O4. The van der Waals surface area contributed by atoms with Crippen molar-refractivity contribution in [1.29, 1.82) is 0 Å². The molecule has 1 saturated heterocycles. The van der Waals surface area contributed by atoms with E-state index >= 15 is 0 Å². The minimum Gasteiger partial charge on any atom is -0.484 e. The Morgan fingerprint density at radius 1 is 1.20 bits per heavy atom. The normalized spacial score (nSPS) is 16.4. The van der Waals surface area contributed by atoms with Crippen LogP contribution in [0.25, 0.3) is 0 Å². The van der Waals surface area contributed by atoms with E-state index < -0.39 is 12.2 Å². The van der Waals surface area contributed by atoms with Crippen molar-refractivity contribution >= 4 is 29.3 Å². The average molecular weight is 361 g/mol. The molecule has 3 rings (SSSR count). The number of carbonyl (C=O) groups is 2. The smallest absolute Gasteiger partial charge is 0.414 e. The lowest BCUT2D eigenvalue weighted by Crippen LogP contribution is -2.37. The lowest BCUT2D eigenvalue weighted by Gasteiger charge is -2.13. The second-order valence-electron chi connectivity index (χ2n) is 5.50. The van der Waals surface area contributed by atoms with E-state index in [1.54, 1.807) is 29.2 Å². The van der Waals surface area contributed by atoms with Gasteiger partial charge in [0.25, 0.3) is 5.91 Å². The van der Waals surface area contributed by atoms with Gasteiger partial charge in [-0.2, -0.15) is 0 Å². The first-order valence-corrected chi connectivity index (χ1v) is 8.18. The third-order valence-corrected chi connectivity index (χ3v) is 3.90. The second kappa shape index (κ2) is 7.90. The number of para-hydroxylation sites is 1. The summed E-state index contributed by atoms with van der Waals surface area (Å²) in [7, 11) is 0. The Balaban J connectivity index is 1.43. The van der Waals surface area contributed by atoms with Crippen molar-refractivity contribution in [3.8, 4) is 5.75 Å². The molecule has 1 fully saturated rings. The molecule has 0 radical (unpaired) electrons. The highest BCUT2D eigenvalue weighted by atomic mass is 35.5. The van der Waals surface area contributed by atoms with Gasteiger partial charge in [-0.25, -0.2) is 4.79 Å². The van der Waals surface area contributed by atoms with E-state index in [1.807, 2.05) is 30.3 Å². The standard InChI is InChI=1S/C18H17ClN2O4/c19-13-6-8-15(9-7-13)24-12-17(22)20-10-16-11-21(18(23)25-16)14-4-2-1-3-5-14/h1-9,16H,10-12H2,(H,20,22). The number of anilines is 1. The van der Waals surface area contributed by atoms with E-state index in [0.29, 0.717) is 17.3 Å². The number of nitrogens with zero attached hydrogens (tertiary/aromatic N) is 1. The maximum atomic E-state index is 11.9. The summed E-state index contributed by atoms with van der Waals surface area (Å²) in [6, 6.07) is 16.0. The number of carbonyl (C=O) groups excluding carboxylic acids is 2. The molecule has 0 bridgehead atoms. The van der Waals surface area contributed by atoms with Gasteiger partial charge in [0.05, 0.1) is 13.1 Å². The molecule has 2 aromatic rings. The van der Waals surface area contributed by atoms with Crippen molar-refractivity contribution in [3.63, 3.8) is 0 Å². The highest BCUT2D eigenvalue weighted by molar-refractivity contribution is 6.30. The molecule has 2 aromatic carbocycles. The zero-order chi connectivity index (χ0) is 17.6. The molecule has 0 spiro atoms. The fraction of sp³-hybridized carbons (Fsp3) is 0.222. The zero-order valence-electron chi connectivity index (χ0n) is 13.4. The van der Waals surface area contributed by atoms with Crippen molar-refractivity contribution < 1.29 is 19.1 Å². The quantitative estimate of drug-likeness (QED) is 0.860. The minimum atomic E-state index is -0.414. The fourth-order valence-electron chi connectivity index (χ4n) is 2.41. The SMILES string of the molecule is O=C(COc1ccc(Cl)cc1)NCC1CN(c2ccccc2)C(=O)O1. The summed E-state index contributed by atoms with van der Waals surface area (Å²) in [5.41, 5.74) is 0.771. The summed E-state index contributed by atoms with van der Waals surface area (Å²) in [4.78, 5) is 25.3. The van der Waals surface area contributed by atoms with Crippen LogP contribution in [0, 0.1) is 0 Å². The number of benzene rings is 2. The van der Waals surface area contributed by atoms with Crippen molar-refractivity contribution in [2.45, 2.75) is 6.10 Å². The van der Waals surface area contributed by atoms with Gasteiger partial charge in [0.2, 0.25) is 0 Å². The Bertz CT molecular complexity index is 737. The van der Waals surface area contributed by atoms with Crippen LogP contribution >= 0.6 is 11.6 Å². The molecule has 0 aromatic heterocycles. The first-order chi connectivity index (χ1) is 12.1. The molecule has 1 atom stereocenters. The van der Waals surface area contributed by atoms with Gasteiger partial charge in [-0.15, -0.1) is 0 Å². The number of hydrogen-bond donors (Lipinski definition) is 1. The van der Waals surface area contributed by atoms with Gasteiger partial charge in [0.1, 0.15) is 11.9 Å². The van der Waals surface area contributed by atoms with Gasteiger partial charge in [-0.05, 0) is 36.4 Å². The monoisotopic (exact) mass is 360 g/mol. The van der Waals surface area contributed by atoms with Crippen LogP contribution < -0.4 is 15.0 Å². The van der Waals surface area contributed by atoms with E-state index in [4.69, 9.17) is 21.1 Å². The summed E-state index contributed by atoms with van der Waals surface area (Å²) in [5, 5.41) is 3.30. The molecule has 1 heterocycles. The average Bonchev–Trinajstić information content (AvgIpc) is 3.01. The molecule has 130 valence electrons. The van der Waals surface area contributed by atoms with Gasteiger partial charge in [-0.1, -0.05) is 29.8 Å². The molecule has 0 aliphatic carbocycles. The molecule has 1 aliphatic rings. The molecule has 7 heteroatoms. The third-order valence-electron chi connectivity index (χ3n) is 3.65. The molecule has 0 saturated carbocycles. The van der Waals surface area contributed by atoms with Crippen molar-refractivity contribution in [1.82, 2.24) is 5.32 Å². The Labute approximate surface area is 150 Å². The molecular weight excluding hydrogens is 344 g/mol. The second-order valence-corrected chi connectivity index (χ2v) is 5.94. The molecule has 25 heavy (non-hydrogen) atoms. The first kappa shape index (κ1) is 17.1. The van der Waals surface area contributed by atoms with E-state index in [9.17, 15) is 9.59 Å². The fourth-order valence-corrected chi connectivity index (χ4v) is 2.53. The highest BCUT2D eigenvalue weighted by Gasteiger charge is 2.32. The number of rotatable bonds is 6. The molecule has 1 N–H and O–H groups in total. The summed E-state index contributed by atoms with van der Waals surface area (Å²) < 4.78 is 10.6. The van der Waals surface area contributed by atoms with Crippen LogP contribution in [-0.2, 0) is 9.53 Å². The van der Waals surface area contributed by atoms with Gasteiger partial charge in [0, 0.05) is 10.7 Å². The van der Waals surface area contributed by atoms with Gasteiger partial charge >= 0.3 is 6.09 Å². The maximum Gasteiger partial charge on any atom is 0.414 e. The largest absolute Gasteiger partial charge is 0.484 e. The summed E-state index contributed by atoms with van der Waals surface area (Å²) in [6.45, 7) is 0.504. The predicted molar refractivity (Wildman–Crippen MR) is 94.0 cm³/mol. The van der Waals surface area contributed by atoms with Gasteiger partial charge in [-0.3, -0.25) is 9.69 Å². The predicted octanol–water partition coefficient (Wildman–Crippen LogP) is 2.86. The van der Waals surface area contributed by atoms with Crippen LogP contribution in [0.3, 0.4) is 0 Å². The van der Waals surface area contributed by atoms with E-state index in [-0.39, 0.29) is 19.1 Å². The van der Waals surface area contributed by atoms with E-state index in [0.717, 1.165) is 5.69 Å². The number of cyclic esters (lactones) is 1. The van der Waals surface area contributed by atoms with Crippen molar-refractivity contribution in [2.24, 2.45) is 0 Å². The van der Waals surface area contributed by atoms with Crippen LogP contribution in [0.2, 0.25) is 5.02 Å². The molecule has 1 aliphatic heterocycles. The van der Waals surface area contributed by atoms with Crippen LogP contribution in [0.5, 0.6) is 5.75 Å². The number of hydrogen-bond acceptors (Lipinski definition) is 4. The summed E-state index contributed by atoms with van der Waals surface area (Å²) >= 11 is 5.78. The zero-order valence-corrected chi connectivity index (χ0v) is 14.1. The van der Waals surface area contributed by atoms with Crippen LogP contribution in [0.15, 0.2) is 54.6 Å². The van der Waals surface area contributed by atoms with Crippen molar-refractivity contribution in [3.05, 3.63) is 59.6 Å². The van der Waals surface area contributed by atoms with E-state index in [1.165, 1.54) is 0 Å². The maximum absolute atomic E-state index is 11.9. The topological polar surface area (TPSA) is 67.9 Å². The van der Waals surface area contributed by atoms with Crippen LogP contribution in [0.4, 0.5) is 10.5 Å². The number of nitrogens with one attached hydrogen (secondary N) is 1. The number of amides is 2. The molecule has 1 unspecified atom stereocenters. The summed E-state index contributed by atoms with van der Waals surface area (Å²) in [5.74, 6) is 0.270. The number of ether oxygens (including phenoxy) is 2. The van der Waals surface area contributed by atoms with Gasteiger partial charge < -0.3 is 14.8 Å². The Morgan fingerprint density at radius 2 is 1.92 bits per heavy atom. The molecule has 2 amide bonds. The highest BCUT2D eigenvalue weighted by Crippen LogP contribution is 2.20.